The van der Waals surface area contributed by atoms with Crippen LogP contribution in [0.2, 0.25) is 0 Å². The van der Waals surface area contributed by atoms with E-state index in [0.29, 0.717) is 13.1 Å². The molecule has 2 N–H and O–H groups in total. The van der Waals surface area contributed by atoms with Crippen LogP contribution in [0.5, 0.6) is 0 Å². The van der Waals surface area contributed by atoms with Crippen LogP contribution in [0.4, 0.5) is 5.69 Å². The van der Waals surface area contributed by atoms with Gasteiger partial charge in [-0.1, -0.05) is 19.9 Å². The minimum atomic E-state index is -3.76. The van der Waals surface area contributed by atoms with Gasteiger partial charge >= 0.3 is 5.97 Å². The number of sulfonamides is 1. The Balaban J connectivity index is 1.88. The lowest BCUT2D eigenvalue weighted by Crippen LogP contribution is -2.42. The van der Waals surface area contributed by atoms with Gasteiger partial charge < -0.3 is 10.4 Å². The number of aromatic carboxylic acids is 1. The first-order valence-corrected chi connectivity index (χ1v) is 11.2. The Labute approximate surface area is 181 Å². The van der Waals surface area contributed by atoms with Gasteiger partial charge in [0.1, 0.15) is 0 Å². The number of carbonyl (C=O) groups is 2. The highest BCUT2D eigenvalue weighted by atomic mass is 32.2. The average molecular weight is 442 g/mol. The Morgan fingerprint density at radius 1 is 1.13 bits per heavy atom. The van der Waals surface area contributed by atoms with E-state index in [-0.39, 0.29) is 39.1 Å². The van der Waals surface area contributed by atoms with Crippen molar-refractivity contribution < 1.29 is 23.1 Å². The fraction of sp³-hybridized carbons (Fsp3) is 0.318. The first kappa shape index (κ1) is 22.5. The molecule has 3 rings (SSSR count). The number of nitrogens with one attached hydrogen (secondary N) is 1. The number of carbonyl (C=O) groups excluding carboxylic acids is 1. The van der Waals surface area contributed by atoms with Crippen molar-refractivity contribution in [2.45, 2.75) is 25.2 Å². The molecule has 2 aromatic carbocycles. The number of amides is 1. The summed E-state index contributed by atoms with van der Waals surface area (Å²) in [5, 5.41) is 20.8. The van der Waals surface area contributed by atoms with E-state index in [1.54, 1.807) is 0 Å². The first-order chi connectivity index (χ1) is 14.6. The highest BCUT2D eigenvalue weighted by Gasteiger charge is 2.32. The molecule has 2 unspecified atom stereocenters. The number of hydrogen-bond donors (Lipinski definition) is 2. The number of nitrogens with zero attached hydrogens (tertiary/aromatic N) is 2. The highest BCUT2D eigenvalue weighted by molar-refractivity contribution is 7.89. The van der Waals surface area contributed by atoms with Crippen molar-refractivity contribution in [2.75, 3.05) is 18.4 Å². The lowest BCUT2D eigenvalue weighted by Gasteiger charge is -2.34. The van der Waals surface area contributed by atoms with Gasteiger partial charge in [0, 0.05) is 18.7 Å². The second kappa shape index (κ2) is 8.88. The van der Waals surface area contributed by atoms with Crippen LogP contribution >= 0.6 is 0 Å². The summed E-state index contributed by atoms with van der Waals surface area (Å²) in [5.41, 5.74) is 0.0178. The average Bonchev–Trinajstić information content (AvgIpc) is 2.73. The standard InChI is InChI=1S/C22H23N3O5S/c1-14-8-15(2)13-25(12-14)31(29,30)18-5-3-4-17(10-18)21(26)24-20-7-6-16(11-23)9-19(20)22(27)28/h3-7,9-10,14-15H,8,12-13H2,1-2H3,(H,24,26)(H,27,28). The number of benzene rings is 2. The third-order valence-corrected chi connectivity index (χ3v) is 7.02. The molecule has 1 fully saturated rings. The summed E-state index contributed by atoms with van der Waals surface area (Å²) >= 11 is 0. The second-order valence-electron chi connectivity index (χ2n) is 7.93. The van der Waals surface area contributed by atoms with E-state index in [1.807, 2.05) is 19.9 Å². The molecule has 1 amide bonds. The summed E-state index contributed by atoms with van der Waals surface area (Å²) in [6, 6.07) is 11.4. The maximum absolute atomic E-state index is 13.1. The zero-order valence-corrected chi connectivity index (χ0v) is 18.0. The Morgan fingerprint density at radius 3 is 2.42 bits per heavy atom. The molecule has 162 valence electrons. The van der Waals surface area contributed by atoms with Crippen LogP contribution in [0.15, 0.2) is 47.4 Å². The lowest BCUT2D eigenvalue weighted by atomic mass is 9.94. The number of carboxylic acid groups (broad SMARTS) is 1. The molecule has 1 aliphatic heterocycles. The van der Waals surface area contributed by atoms with Crippen molar-refractivity contribution in [3.63, 3.8) is 0 Å². The van der Waals surface area contributed by atoms with E-state index in [4.69, 9.17) is 5.26 Å². The molecule has 0 saturated carbocycles. The molecule has 8 nitrogen and oxygen atoms in total. The van der Waals surface area contributed by atoms with E-state index >= 15 is 0 Å². The van der Waals surface area contributed by atoms with Crippen LogP contribution in [-0.2, 0) is 10.0 Å². The van der Waals surface area contributed by atoms with Crippen LogP contribution in [0.3, 0.4) is 0 Å². The molecule has 9 heteroatoms. The van der Waals surface area contributed by atoms with Crippen molar-refractivity contribution >= 4 is 27.6 Å². The van der Waals surface area contributed by atoms with Gasteiger partial charge in [0.05, 0.1) is 27.8 Å². The van der Waals surface area contributed by atoms with Crippen molar-refractivity contribution in [3.8, 4) is 6.07 Å². The Kier molecular flexibility index (Phi) is 6.43. The van der Waals surface area contributed by atoms with Gasteiger partial charge in [0.15, 0.2) is 0 Å². The first-order valence-electron chi connectivity index (χ1n) is 9.81. The smallest absolute Gasteiger partial charge is 0.337 e. The van der Waals surface area contributed by atoms with Crippen molar-refractivity contribution in [1.29, 1.82) is 5.26 Å². The zero-order valence-electron chi connectivity index (χ0n) is 17.2. The fourth-order valence-corrected chi connectivity index (χ4v) is 5.57. The minimum absolute atomic E-state index is 0.0136. The molecular weight excluding hydrogens is 418 g/mol. The van der Waals surface area contributed by atoms with Crippen molar-refractivity contribution in [2.24, 2.45) is 11.8 Å². The summed E-state index contributed by atoms with van der Waals surface area (Å²) in [6.07, 6.45) is 0.963. The van der Waals surface area contributed by atoms with E-state index < -0.39 is 21.9 Å². The topological polar surface area (TPSA) is 128 Å². The third-order valence-electron chi connectivity index (χ3n) is 5.20. The second-order valence-corrected chi connectivity index (χ2v) is 9.87. The molecule has 0 bridgehead atoms. The van der Waals surface area contributed by atoms with Crippen LogP contribution in [0, 0.1) is 23.2 Å². The van der Waals surface area contributed by atoms with E-state index in [2.05, 4.69) is 5.32 Å². The Hall–Kier alpha value is -3.22. The molecule has 1 aliphatic rings. The van der Waals surface area contributed by atoms with Gasteiger partial charge in [-0.3, -0.25) is 4.79 Å². The Bertz CT molecular complexity index is 1160. The van der Waals surface area contributed by atoms with Gasteiger partial charge in [-0.05, 0) is 54.7 Å². The summed E-state index contributed by atoms with van der Waals surface area (Å²) in [6.45, 7) is 4.88. The van der Waals surface area contributed by atoms with Gasteiger partial charge in [0.25, 0.3) is 5.91 Å². The largest absolute Gasteiger partial charge is 0.478 e. The molecule has 2 aromatic rings. The van der Waals surface area contributed by atoms with Gasteiger partial charge in [-0.2, -0.15) is 9.57 Å². The molecule has 2 atom stereocenters. The molecule has 0 spiro atoms. The maximum atomic E-state index is 13.1. The number of hydrogen-bond acceptors (Lipinski definition) is 5. The quantitative estimate of drug-likeness (QED) is 0.733. The number of anilines is 1. The van der Waals surface area contributed by atoms with Crippen LogP contribution in [0.1, 0.15) is 46.5 Å². The van der Waals surface area contributed by atoms with Crippen LogP contribution in [0.25, 0.3) is 0 Å². The monoisotopic (exact) mass is 441 g/mol. The SMILES string of the molecule is CC1CC(C)CN(S(=O)(=O)c2cccc(C(=O)Nc3ccc(C#N)cc3C(=O)O)c2)C1. The van der Waals surface area contributed by atoms with Crippen LogP contribution in [-0.4, -0.2) is 42.8 Å². The predicted octanol–water partition coefficient (Wildman–Crippen LogP) is 3.18. The normalized spacial score (nSPS) is 19.4. The maximum Gasteiger partial charge on any atom is 0.337 e. The van der Waals surface area contributed by atoms with Crippen molar-refractivity contribution in [3.05, 3.63) is 59.2 Å². The molecule has 1 saturated heterocycles. The fourth-order valence-electron chi connectivity index (χ4n) is 3.84. The van der Waals surface area contributed by atoms with Crippen LogP contribution < -0.4 is 5.32 Å². The molecule has 1 heterocycles. The van der Waals surface area contributed by atoms with E-state index in [9.17, 15) is 23.1 Å². The molecule has 31 heavy (non-hydrogen) atoms. The molecule has 0 aromatic heterocycles. The third kappa shape index (κ3) is 4.93. The number of nitriles is 1. The number of rotatable bonds is 5. The summed E-state index contributed by atoms with van der Waals surface area (Å²) in [7, 11) is -3.76. The van der Waals surface area contributed by atoms with Gasteiger partial charge in [-0.15, -0.1) is 0 Å². The minimum Gasteiger partial charge on any atom is -0.478 e. The summed E-state index contributed by atoms with van der Waals surface area (Å²) in [4.78, 5) is 24.2. The Morgan fingerprint density at radius 2 is 1.81 bits per heavy atom. The molecular formula is C22H23N3O5S. The number of piperidine rings is 1. The van der Waals surface area contributed by atoms with E-state index in [0.717, 1.165) is 12.5 Å². The molecule has 0 radical (unpaired) electrons. The summed E-state index contributed by atoms with van der Waals surface area (Å²) in [5.74, 6) is -1.45. The predicted molar refractivity (Wildman–Crippen MR) is 114 cm³/mol. The van der Waals surface area contributed by atoms with Gasteiger partial charge in [-0.25, -0.2) is 13.2 Å². The lowest BCUT2D eigenvalue weighted by molar-refractivity contribution is 0.0698. The van der Waals surface area contributed by atoms with Gasteiger partial charge in [0.2, 0.25) is 10.0 Å². The molecule has 0 aliphatic carbocycles. The zero-order chi connectivity index (χ0) is 22.8. The van der Waals surface area contributed by atoms with E-state index in [1.165, 1.54) is 40.7 Å². The highest BCUT2D eigenvalue weighted by Crippen LogP contribution is 2.27. The van der Waals surface area contributed by atoms with Crippen molar-refractivity contribution in [1.82, 2.24) is 4.31 Å². The summed E-state index contributed by atoms with van der Waals surface area (Å²) < 4.78 is 27.7. The number of carboxylic acids is 1.